The van der Waals surface area contributed by atoms with Crippen LogP contribution < -0.4 is 0 Å². The third-order valence-corrected chi connectivity index (χ3v) is 3.49. The van der Waals surface area contributed by atoms with Gasteiger partial charge < -0.3 is 4.84 Å². The Morgan fingerprint density at radius 3 is 2.65 bits per heavy atom. The van der Waals surface area contributed by atoms with Crippen LogP contribution in [0.25, 0.3) is 0 Å². The Balaban J connectivity index is 1.93. The first-order chi connectivity index (χ1) is 9.54. The molecule has 1 aliphatic carbocycles. The zero-order chi connectivity index (χ0) is 14.4. The molecule has 0 radical (unpaired) electrons. The van der Waals surface area contributed by atoms with E-state index in [1.807, 2.05) is 18.2 Å². The molecule has 5 heteroatoms. The minimum atomic E-state index is -4.35. The zero-order valence-electron chi connectivity index (χ0n) is 11.2. The summed E-state index contributed by atoms with van der Waals surface area (Å²) in [6.07, 6.45) is 3.15. The van der Waals surface area contributed by atoms with Gasteiger partial charge in [0.2, 0.25) is 6.61 Å². The average Bonchev–Trinajstić information content (AvgIpc) is 2.44. The van der Waals surface area contributed by atoms with Crippen LogP contribution in [0.15, 0.2) is 29.4 Å². The first kappa shape index (κ1) is 14.9. The molecule has 0 bridgehead atoms. The summed E-state index contributed by atoms with van der Waals surface area (Å²) < 4.78 is 35.7. The molecule has 1 fully saturated rings. The minimum Gasteiger partial charge on any atom is -0.386 e. The molecule has 0 saturated heterocycles. The van der Waals surface area contributed by atoms with Gasteiger partial charge in [-0.05, 0) is 36.0 Å². The highest BCUT2D eigenvalue weighted by atomic mass is 19.4. The van der Waals surface area contributed by atoms with E-state index in [4.69, 9.17) is 0 Å². The Morgan fingerprint density at radius 2 is 1.95 bits per heavy atom. The molecule has 0 aliphatic heterocycles. The van der Waals surface area contributed by atoms with Crippen molar-refractivity contribution in [1.29, 1.82) is 0 Å². The third kappa shape index (κ3) is 4.87. The van der Waals surface area contributed by atoms with E-state index in [0.29, 0.717) is 5.92 Å². The van der Waals surface area contributed by atoms with E-state index in [2.05, 4.69) is 16.1 Å². The van der Waals surface area contributed by atoms with Crippen LogP contribution in [-0.2, 0) is 4.84 Å². The van der Waals surface area contributed by atoms with Gasteiger partial charge in [-0.25, -0.2) is 0 Å². The van der Waals surface area contributed by atoms with Gasteiger partial charge in [-0.2, -0.15) is 13.2 Å². The molecule has 2 rings (SSSR count). The Kier molecular flexibility index (Phi) is 5.04. The number of halogens is 3. The fourth-order valence-electron chi connectivity index (χ4n) is 2.54. The quantitative estimate of drug-likeness (QED) is 0.583. The lowest BCUT2D eigenvalue weighted by molar-refractivity contribution is -0.173. The fraction of sp³-hybridized carbons (Fsp3) is 0.533. The van der Waals surface area contributed by atoms with Gasteiger partial charge in [-0.15, -0.1) is 0 Å². The Morgan fingerprint density at radius 1 is 1.20 bits per heavy atom. The molecule has 2 nitrogen and oxygen atoms in total. The maximum absolute atomic E-state index is 11.9. The molecule has 1 saturated carbocycles. The van der Waals surface area contributed by atoms with Crippen molar-refractivity contribution in [3.63, 3.8) is 0 Å². The summed E-state index contributed by atoms with van der Waals surface area (Å²) in [6.45, 7) is -1.36. The summed E-state index contributed by atoms with van der Waals surface area (Å²) in [5.74, 6) is 0.563. The van der Waals surface area contributed by atoms with Crippen molar-refractivity contribution < 1.29 is 18.0 Å². The molecular formula is C15H18F3NO. The lowest BCUT2D eigenvalue weighted by Crippen LogP contribution is -2.14. The molecule has 110 valence electrons. The van der Waals surface area contributed by atoms with Gasteiger partial charge in [0, 0.05) is 0 Å². The number of oxime groups is 1. The highest BCUT2D eigenvalue weighted by Gasteiger charge is 2.28. The third-order valence-electron chi connectivity index (χ3n) is 3.49. The summed E-state index contributed by atoms with van der Waals surface area (Å²) in [5.41, 5.74) is 2.01. The van der Waals surface area contributed by atoms with Crippen LogP contribution >= 0.6 is 0 Å². The van der Waals surface area contributed by atoms with Crippen molar-refractivity contribution in [3.05, 3.63) is 35.4 Å². The van der Waals surface area contributed by atoms with Gasteiger partial charge >= 0.3 is 6.18 Å². The highest BCUT2D eigenvalue weighted by Crippen LogP contribution is 2.32. The van der Waals surface area contributed by atoms with Crippen LogP contribution in [-0.4, -0.2) is 19.0 Å². The molecule has 0 spiro atoms. The molecule has 0 atom stereocenters. The summed E-state index contributed by atoms with van der Waals surface area (Å²) in [6, 6.07) is 7.78. The van der Waals surface area contributed by atoms with Crippen molar-refractivity contribution in [2.24, 2.45) is 5.16 Å². The smallest absolute Gasteiger partial charge is 0.386 e. The predicted molar refractivity (Wildman–Crippen MR) is 71.9 cm³/mol. The SMILES string of the molecule is FC(F)(F)CON=Cc1cccc(C2CCCCC2)c1. The largest absolute Gasteiger partial charge is 0.425 e. The Hall–Kier alpha value is -1.52. The predicted octanol–water partition coefficient (Wildman–Crippen LogP) is 4.65. The number of nitrogens with zero attached hydrogens (tertiary/aromatic N) is 1. The fourth-order valence-corrected chi connectivity index (χ4v) is 2.54. The second-order valence-corrected chi connectivity index (χ2v) is 5.13. The van der Waals surface area contributed by atoms with Crippen LogP contribution in [0.4, 0.5) is 13.2 Å². The lowest BCUT2D eigenvalue weighted by atomic mass is 9.84. The molecule has 1 aliphatic rings. The Bertz CT molecular complexity index is 451. The normalized spacial score (nSPS) is 17.6. The molecule has 1 aromatic carbocycles. The van der Waals surface area contributed by atoms with Gasteiger partial charge in [0.05, 0.1) is 6.21 Å². The first-order valence-corrected chi connectivity index (χ1v) is 6.87. The van der Waals surface area contributed by atoms with Crippen LogP contribution in [0, 0.1) is 0 Å². The van der Waals surface area contributed by atoms with Crippen molar-refractivity contribution in [2.75, 3.05) is 6.61 Å². The molecular weight excluding hydrogens is 267 g/mol. The van der Waals surface area contributed by atoms with Gasteiger partial charge in [-0.3, -0.25) is 0 Å². The maximum atomic E-state index is 11.9. The highest BCUT2D eigenvalue weighted by molar-refractivity contribution is 5.79. The van der Waals surface area contributed by atoms with Crippen molar-refractivity contribution in [3.8, 4) is 0 Å². The van der Waals surface area contributed by atoms with E-state index >= 15 is 0 Å². The summed E-state index contributed by atoms with van der Waals surface area (Å²) in [7, 11) is 0. The van der Waals surface area contributed by atoms with Gasteiger partial charge in [0.1, 0.15) is 0 Å². The molecule has 0 N–H and O–H groups in total. The monoisotopic (exact) mass is 285 g/mol. The maximum Gasteiger partial charge on any atom is 0.425 e. The minimum absolute atomic E-state index is 0.563. The number of hydrogen-bond acceptors (Lipinski definition) is 2. The Labute approximate surface area is 116 Å². The molecule has 0 heterocycles. The second-order valence-electron chi connectivity index (χ2n) is 5.13. The number of rotatable bonds is 4. The second kappa shape index (κ2) is 6.77. The number of hydrogen-bond donors (Lipinski definition) is 0. The molecule has 20 heavy (non-hydrogen) atoms. The van der Waals surface area contributed by atoms with Crippen LogP contribution in [0.1, 0.15) is 49.1 Å². The van der Waals surface area contributed by atoms with Crippen LogP contribution in [0.3, 0.4) is 0 Å². The molecule has 0 aromatic heterocycles. The van der Waals surface area contributed by atoms with Crippen molar-refractivity contribution in [2.45, 2.75) is 44.2 Å². The number of alkyl halides is 3. The summed E-state index contributed by atoms with van der Waals surface area (Å²) in [5, 5.41) is 3.37. The average molecular weight is 285 g/mol. The van der Waals surface area contributed by atoms with Crippen molar-refractivity contribution in [1.82, 2.24) is 0 Å². The molecule has 0 amide bonds. The van der Waals surface area contributed by atoms with Gasteiger partial charge in [-0.1, -0.05) is 42.6 Å². The topological polar surface area (TPSA) is 21.6 Å². The summed E-state index contributed by atoms with van der Waals surface area (Å²) >= 11 is 0. The standard InChI is InChI=1S/C15H18F3NO/c16-15(17,18)11-20-19-10-12-5-4-8-14(9-12)13-6-2-1-3-7-13/h4-5,8-10,13H,1-3,6-7,11H2. The van der Waals surface area contributed by atoms with Crippen molar-refractivity contribution >= 4 is 6.21 Å². The lowest BCUT2D eigenvalue weighted by Gasteiger charge is -2.22. The number of benzene rings is 1. The van der Waals surface area contributed by atoms with Crippen LogP contribution in [0.2, 0.25) is 0 Å². The van der Waals surface area contributed by atoms with Gasteiger partial charge in [0.25, 0.3) is 0 Å². The van der Waals surface area contributed by atoms with E-state index in [9.17, 15) is 13.2 Å². The van der Waals surface area contributed by atoms with Gasteiger partial charge in [0.15, 0.2) is 0 Å². The summed E-state index contributed by atoms with van der Waals surface area (Å²) in [4.78, 5) is 4.23. The molecule has 0 unspecified atom stereocenters. The first-order valence-electron chi connectivity index (χ1n) is 6.87. The van der Waals surface area contributed by atoms with Crippen LogP contribution in [0.5, 0.6) is 0 Å². The van der Waals surface area contributed by atoms with E-state index in [1.54, 1.807) is 0 Å². The van der Waals surface area contributed by atoms with E-state index in [-0.39, 0.29) is 0 Å². The van der Waals surface area contributed by atoms with E-state index in [0.717, 1.165) is 5.56 Å². The molecule has 1 aromatic rings. The zero-order valence-corrected chi connectivity index (χ0v) is 11.2. The van der Waals surface area contributed by atoms with E-state index < -0.39 is 12.8 Å². The van der Waals surface area contributed by atoms with E-state index in [1.165, 1.54) is 43.9 Å².